The minimum Gasteiger partial charge on any atom is -0.324 e. The van der Waals surface area contributed by atoms with Gasteiger partial charge in [-0.1, -0.05) is 13.8 Å². The van der Waals surface area contributed by atoms with Crippen molar-refractivity contribution in [2.24, 2.45) is 5.41 Å². The first-order valence-electron chi connectivity index (χ1n) is 6.06. The van der Waals surface area contributed by atoms with E-state index in [9.17, 15) is 9.59 Å². The molecule has 1 aliphatic rings. The number of nitrogens with zero attached hydrogens (tertiary/aromatic N) is 1. The van der Waals surface area contributed by atoms with Crippen LogP contribution in [0.2, 0.25) is 0 Å². The van der Waals surface area contributed by atoms with Crippen LogP contribution in [0.1, 0.15) is 40.0 Å². The Morgan fingerprint density at radius 2 is 1.94 bits per heavy atom. The number of nitrogens with one attached hydrogen (secondary N) is 1. The number of carbonyl (C=O) groups excluding carboxylic acids is 2. The summed E-state index contributed by atoms with van der Waals surface area (Å²) in [6.45, 7) is 7.37. The van der Waals surface area contributed by atoms with Crippen molar-refractivity contribution in [3.8, 4) is 0 Å². The second-order valence-electron chi connectivity index (χ2n) is 5.42. The van der Waals surface area contributed by atoms with Gasteiger partial charge >= 0.3 is 6.03 Å². The topological polar surface area (TPSA) is 49.4 Å². The second-order valence-corrected chi connectivity index (χ2v) is 6.07. The summed E-state index contributed by atoms with van der Waals surface area (Å²) in [5, 5.41) is 1.64. The Morgan fingerprint density at radius 1 is 1.29 bits per heavy atom. The molecular formula is C12H21ClN2O2. The third-order valence-electron chi connectivity index (χ3n) is 3.22. The van der Waals surface area contributed by atoms with Crippen LogP contribution >= 0.6 is 11.6 Å². The number of amides is 3. The van der Waals surface area contributed by atoms with E-state index < -0.39 is 11.3 Å². The fourth-order valence-corrected chi connectivity index (χ4v) is 1.96. The number of urea groups is 1. The summed E-state index contributed by atoms with van der Waals surface area (Å²) in [5.41, 5.74) is 0.277. The number of halogens is 1. The molecule has 1 heterocycles. The van der Waals surface area contributed by atoms with E-state index in [-0.39, 0.29) is 11.4 Å². The van der Waals surface area contributed by atoms with Gasteiger partial charge in [0.25, 0.3) is 0 Å². The highest BCUT2D eigenvalue weighted by Crippen LogP contribution is 2.29. The van der Waals surface area contributed by atoms with E-state index in [2.05, 4.69) is 19.2 Å². The zero-order valence-electron chi connectivity index (χ0n) is 10.8. The predicted octanol–water partition coefficient (Wildman–Crippen LogP) is 2.36. The Kier molecular flexibility index (Phi) is 4.80. The van der Waals surface area contributed by atoms with Crippen molar-refractivity contribution in [3.05, 3.63) is 0 Å². The number of imide groups is 1. The van der Waals surface area contributed by atoms with Crippen molar-refractivity contribution < 1.29 is 9.59 Å². The molecule has 1 atom stereocenters. The Morgan fingerprint density at radius 3 is 2.53 bits per heavy atom. The molecule has 0 saturated carbocycles. The first kappa shape index (κ1) is 14.3. The molecule has 1 saturated heterocycles. The largest absolute Gasteiger partial charge is 0.324 e. The lowest BCUT2D eigenvalue weighted by Crippen LogP contribution is -2.45. The molecule has 0 aromatic heterocycles. The Balaban J connectivity index is 2.50. The molecule has 0 aromatic rings. The van der Waals surface area contributed by atoms with Gasteiger partial charge in [-0.25, -0.2) is 4.79 Å². The maximum Gasteiger partial charge on any atom is 0.324 e. The van der Waals surface area contributed by atoms with Crippen LogP contribution in [-0.4, -0.2) is 35.3 Å². The summed E-state index contributed by atoms with van der Waals surface area (Å²) < 4.78 is 0. The van der Waals surface area contributed by atoms with Gasteiger partial charge in [0.2, 0.25) is 5.91 Å². The van der Waals surface area contributed by atoms with Crippen LogP contribution in [-0.2, 0) is 4.79 Å². The lowest BCUT2D eigenvalue weighted by Gasteiger charge is -2.23. The van der Waals surface area contributed by atoms with Crippen LogP contribution in [0.3, 0.4) is 0 Å². The minimum absolute atomic E-state index is 0.277. The van der Waals surface area contributed by atoms with Gasteiger partial charge in [-0.15, -0.1) is 11.6 Å². The number of carbonyl (C=O) groups is 2. The van der Waals surface area contributed by atoms with E-state index >= 15 is 0 Å². The lowest BCUT2D eigenvalue weighted by molar-refractivity contribution is -0.119. The molecule has 0 spiro atoms. The van der Waals surface area contributed by atoms with Gasteiger partial charge < -0.3 is 4.90 Å². The Hall–Kier alpha value is -0.770. The SMILES string of the molecule is CC(Cl)C(=O)NC(=O)N1CCCC(C)(C)CC1. The molecular weight excluding hydrogens is 240 g/mol. The first-order valence-corrected chi connectivity index (χ1v) is 6.49. The smallest absolute Gasteiger partial charge is 0.324 e. The van der Waals surface area contributed by atoms with Gasteiger partial charge in [0.05, 0.1) is 0 Å². The van der Waals surface area contributed by atoms with Gasteiger partial charge in [0.1, 0.15) is 5.38 Å². The summed E-state index contributed by atoms with van der Waals surface area (Å²) in [7, 11) is 0. The molecule has 1 aliphatic heterocycles. The molecule has 1 rings (SSSR count). The van der Waals surface area contributed by atoms with Crippen molar-refractivity contribution in [1.29, 1.82) is 0 Å². The first-order chi connectivity index (χ1) is 7.82. The highest BCUT2D eigenvalue weighted by Gasteiger charge is 2.26. The fraction of sp³-hybridized carbons (Fsp3) is 0.833. The van der Waals surface area contributed by atoms with E-state index in [1.165, 1.54) is 0 Å². The maximum absolute atomic E-state index is 11.8. The van der Waals surface area contributed by atoms with Gasteiger partial charge in [0, 0.05) is 13.1 Å². The third-order valence-corrected chi connectivity index (χ3v) is 3.42. The molecule has 0 bridgehead atoms. The van der Waals surface area contributed by atoms with Crippen molar-refractivity contribution in [2.45, 2.75) is 45.4 Å². The molecule has 4 nitrogen and oxygen atoms in total. The van der Waals surface area contributed by atoms with E-state index in [1.54, 1.807) is 11.8 Å². The van der Waals surface area contributed by atoms with Crippen molar-refractivity contribution in [3.63, 3.8) is 0 Å². The van der Waals surface area contributed by atoms with Crippen LogP contribution < -0.4 is 5.32 Å². The van der Waals surface area contributed by atoms with Crippen LogP contribution in [0.15, 0.2) is 0 Å². The standard InChI is InChI=1S/C12H21ClN2O2/c1-9(13)10(16)14-11(17)15-7-4-5-12(2,3)6-8-15/h9H,4-8H2,1-3H3,(H,14,16,17). The molecule has 1 N–H and O–H groups in total. The highest BCUT2D eigenvalue weighted by atomic mass is 35.5. The highest BCUT2D eigenvalue weighted by molar-refractivity contribution is 6.31. The van der Waals surface area contributed by atoms with Gasteiger partial charge in [-0.05, 0) is 31.6 Å². The van der Waals surface area contributed by atoms with Crippen LogP contribution in [0.4, 0.5) is 4.79 Å². The number of rotatable bonds is 1. The van der Waals surface area contributed by atoms with Gasteiger partial charge in [-0.2, -0.15) is 0 Å². The predicted molar refractivity (Wildman–Crippen MR) is 68.1 cm³/mol. The summed E-state index contributed by atoms with van der Waals surface area (Å²) in [6, 6.07) is -0.319. The van der Waals surface area contributed by atoms with Crippen LogP contribution in [0.5, 0.6) is 0 Å². The summed E-state index contributed by atoms with van der Waals surface area (Å²) in [6.07, 6.45) is 3.05. The fourth-order valence-electron chi connectivity index (χ4n) is 1.91. The minimum atomic E-state index is -0.678. The molecule has 0 aliphatic carbocycles. The van der Waals surface area contributed by atoms with Crippen molar-refractivity contribution in [1.82, 2.24) is 10.2 Å². The lowest BCUT2D eigenvalue weighted by atomic mass is 9.85. The van der Waals surface area contributed by atoms with E-state index in [1.807, 2.05) is 0 Å². The molecule has 1 fully saturated rings. The normalized spacial score (nSPS) is 21.5. The van der Waals surface area contributed by atoms with Gasteiger partial charge in [0.15, 0.2) is 0 Å². The molecule has 5 heteroatoms. The van der Waals surface area contributed by atoms with E-state index in [0.29, 0.717) is 13.1 Å². The number of alkyl halides is 1. The third kappa shape index (κ3) is 4.54. The average Bonchev–Trinajstić information content (AvgIpc) is 2.39. The maximum atomic E-state index is 11.8. The summed E-state index contributed by atoms with van der Waals surface area (Å²) in [4.78, 5) is 24.8. The van der Waals surface area contributed by atoms with E-state index in [0.717, 1.165) is 19.3 Å². The van der Waals surface area contributed by atoms with Crippen LogP contribution in [0.25, 0.3) is 0 Å². The van der Waals surface area contributed by atoms with Crippen LogP contribution in [0, 0.1) is 5.41 Å². The Labute approximate surface area is 108 Å². The molecule has 0 radical (unpaired) electrons. The van der Waals surface area contributed by atoms with Crippen molar-refractivity contribution >= 4 is 23.5 Å². The molecule has 17 heavy (non-hydrogen) atoms. The molecule has 98 valence electrons. The van der Waals surface area contributed by atoms with Gasteiger partial charge in [-0.3, -0.25) is 10.1 Å². The number of hydrogen-bond donors (Lipinski definition) is 1. The summed E-state index contributed by atoms with van der Waals surface area (Å²) in [5.74, 6) is -0.430. The quantitative estimate of drug-likeness (QED) is 0.736. The second kappa shape index (κ2) is 5.71. The monoisotopic (exact) mass is 260 g/mol. The number of hydrogen-bond acceptors (Lipinski definition) is 2. The molecule has 0 aromatic carbocycles. The zero-order chi connectivity index (χ0) is 13.1. The number of likely N-dealkylation sites (tertiary alicyclic amines) is 1. The van der Waals surface area contributed by atoms with E-state index in [4.69, 9.17) is 11.6 Å². The zero-order valence-corrected chi connectivity index (χ0v) is 11.5. The summed E-state index contributed by atoms with van der Waals surface area (Å²) >= 11 is 5.61. The molecule has 1 unspecified atom stereocenters. The Bertz CT molecular complexity index is 303. The average molecular weight is 261 g/mol. The van der Waals surface area contributed by atoms with Crippen molar-refractivity contribution in [2.75, 3.05) is 13.1 Å². The molecule has 3 amide bonds.